The van der Waals surface area contributed by atoms with Gasteiger partial charge in [-0.15, -0.1) is 0 Å². The van der Waals surface area contributed by atoms with Crippen LogP contribution in [0.25, 0.3) is 44.9 Å². The van der Waals surface area contributed by atoms with Crippen molar-refractivity contribution in [1.29, 1.82) is 21.2 Å². The summed E-state index contributed by atoms with van der Waals surface area (Å²) in [6.07, 6.45) is 1.98. The van der Waals surface area contributed by atoms with E-state index in [1.54, 1.807) is 18.2 Å². The lowest BCUT2D eigenvalue weighted by molar-refractivity contribution is 1.36. The largest absolute Gasteiger partial charge is 0.398 e. The van der Waals surface area contributed by atoms with E-state index in [2.05, 4.69) is 29.4 Å². The monoisotopic (exact) mass is 557 g/mol. The maximum absolute atomic E-state index is 9.83. The summed E-state index contributed by atoms with van der Waals surface area (Å²) in [5.41, 5.74) is 14.6. The van der Waals surface area contributed by atoms with Crippen molar-refractivity contribution in [1.82, 2.24) is 4.98 Å². The number of nitrogens with one attached hydrogen (secondary N) is 1. The number of rotatable bonds is 3. The fourth-order valence-corrected chi connectivity index (χ4v) is 5.52. The van der Waals surface area contributed by atoms with Gasteiger partial charge in [-0.1, -0.05) is 54.6 Å². The van der Waals surface area contributed by atoms with Crippen molar-refractivity contribution in [2.24, 2.45) is 4.40 Å². The molecule has 42 heavy (non-hydrogen) atoms. The normalized spacial score (nSPS) is 13.1. The number of anilines is 1. The van der Waals surface area contributed by atoms with E-state index in [0.29, 0.717) is 50.4 Å². The molecular weight excluding hydrogens is 538 g/mol. The van der Waals surface area contributed by atoms with Crippen LogP contribution in [0.5, 0.6) is 0 Å². The van der Waals surface area contributed by atoms with Crippen LogP contribution in [0, 0.1) is 39.4 Å². The Balaban J connectivity index is 1.68. The van der Waals surface area contributed by atoms with Crippen LogP contribution in [0.4, 0.5) is 5.69 Å². The third-order valence-electron chi connectivity index (χ3n) is 7.23. The lowest BCUT2D eigenvalue weighted by Crippen LogP contribution is -2.22. The summed E-state index contributed by atoms with van der Waals surface area (Å²) in [7, 11) is 0. The number of hydrogen-bond donors (Lipinski definition) is 3. The Hall–Kier alpha value is -6.01. The van der Waals surface area contributed by atoms with E-state index in [1.807, 2.05) is 72.8 Å². The van der Waals surface area contributed by atoms with Gasteiger partial charge in [-0.25, -0.2) is 9.38 Å². The van der Waals surface area contributed by atoms with Crippen molar-refractivity contribution >= 4 is 52.5 Å². The second-order valence-electron chi connectivity index (χ2n) is 9.63. The molecule has 0 bridgehead atoms. The van der Waals surface area contributed by atoms with Crippen LogP contribution in [0.1, 0.15) is 33.4 Å². The van der Waals surface area contributed by atoms with Crippen LogP contribution in [-0.4, -0.2) is 16.4 Å². The molecule has 0 unspecified atom stereocenters. The van der Waals surface area contributed by atoms with Gasteiger partial charge in [0.05, 0.1) is 51.8 Å². The number of pyridine rings is 1. The first kappa shape index (κ1) is 26.2. The minimum atomic E-state index is 0.201. The van der Waals surface area contributed by atoms with Crippen LogP contribution >= 0.6 is 12.8 Å². The fraction of sp³-hybridized carbons (Fsp3) is 0. The second-order valence-corrected chi connectivity index (χ2v) is 9.83. The summed E-state index contributed by atoms with van der Waals surface area (Å²) in [4.78, 5) is 5.07. The molecule has 1 heterocycles. The zero-order chi connectivity index (χ0) is 29.4. The molecule has 3 N–H and O–H groups in total. The third-order valence-corrected chi connectivity index (χ3v) is 7.43. The number of nitriles is 3. The Labute approximate surface area is 247 Å². The summed E-state index contributed by atoms with van der Waals surface area (Å²) < 4.78 is 4.22. The van der Waals surface area contributed by atoms with Gasteiger partial charge in [0.15, 0.2) is 0 Å². The van der Waals surface area contributed by atoms with Gasteiger partial charge < -0.3 is 5.73 Å². The molecule has 4 aromatic carbocycles. The van der Waals surface area contributed by atoms with Gasteiger partial charge in [-0.3, -0.25) is 5.41 Å². The molecule has 6 rings (SSSR count). The number of fused-ring (bicyclic) bond motifs is 3. The molecule has 0 atom stereocenters. The molecule has 1 aromatic heterocycles. The van der Waals surface area contributed by atoms with Crippen LogP contribution in [-0.2, 0) is 0 Å². The van der Waals surface area contributed by atoms with Gasteiger partial charge in [0.1, 0.15) is 5.71 Å². The molecule has 0 saturated carbocycles. The molecular formula is C34H19N7S. The maximum atomic E-state index is 9.83. The SMILES string of the molecule is N#Cc1ccc(-c2nc3cc(-c4c(N)cc(C#N)cc4C#N)ccc3c3c2C=C(c2ccccc2)/C(=N/S)C3=N)cc1. The Bertz CT molecular complexity index is 2140. The van der Waals surface area contributed by atoms with Crippen molar-refractivity contribution in [2.45, 2.75) is 0 Å². The second kappa shape index (κ2) is 10.5. The van der Waals surface area contributed by atoms with Crippen molar-refractivity contribution in [3.05, 3.63) is 118 Å². The van der Waals surface area contributed by atoms with Gasteiger partial charge in [-0.05, 0) is 60.3 Å². The molecule has 0 aliphatic heterocycles. The van der Waals surface area contributed by atoms with Gasteiger partial charge in [0.2, 0.25) is 0 Å². The Morgan fingerprint density at radius 2 is 1.48 bits per heavy atom. The van der Waals surface area contributed by atoms with E-state index in [1.165, 1.54) is 6.07 Å². The van der Waals surface area contributed by atoms with Gasteiger partial charge in [-0.2, -0.15) is 15.8 Å². The first-order valence-corrected chi connectivity index (χ1v) is 13.2. The van der Waals surface area contributed by atoms with Crippen LogP contribution in [0.3, 0.4) is 0 Å². The number of nitrogen functional groups attached to an aromatic ring is 1. The summed E-state index contributed by atoms with van der Waals surface area (Å²) >= 11 is 4.24. The van der Waals surface area contributed by atoms with Gasteiger partial charge in [0.25, 0.3) is 0 Å². The highest BCUT2D eigenvalue weighted by molar-refractivity contribution is 7.79. The van der Waals surface area contributed by atoms with Gasteiger partial charge in [0, 0.05) is 38.9 Å². The number of allylic oxidation sites excluding steroid dienone is 1. The number of nitrogens with two attached hydrogens (primary N) is 1. The van der Waals surface area contributed by atoms with Crippen molar-refractivity contribution in [3.63, 3.8) is 0 Å². The minimum absolute atomic E-state index is 0.201. The lowest BCUT2D eigenvalue weighted by Gasteiger charge is -2.24. The van der Waals surface area contributed by atoms with E-state index in [-0.39, 0.29) is 11.3 Å². The molecule has 0 spiro atoms. The summed E-state index contributed by atoms with van der Waals surface area (Å²) in [5, 5.41) is 38.5. The van der Waals surface area contributed by atoms with Crippen molar-refractivity contribution in [2.75, 3.05) is 5.73 Å². The average Bonchev–Trinajstić information content (AvgIpc) is 3.03. The Kier molecular flexibility index (Phi) is 6.57. The Morgan fingerprint density at radius 3 is 2.14 bits per heavy atom. The molecule has 8 heteroatoms. The number of thiol groups is 1. The quantitative estimate of drug-likeness (QED) is 0.162. The molecule has 0 amide bonds. The van der Waals surface area contributed by atoms with Crippen LogP contribution in [0.2, 0.25) is 0 Å². The highest BCUT2D eigenvalue weighted by Crippen LogP contribution is 2.40. The van der Waals surface area contributed by atoms with Crippen LogP contribution in [0.15, 0.2) is 89.3 Å². The summed E-state index contributed by atoms with van der Waals surface area (Å²) in [6, 6.07) is 31.8. The highest BCUT2D eigenvalue weighted by Gasteiger charge is 2.29. The topological polar surface area (TPSA) is 146 Å². The Morgan fingerprint density at radius 1 is 0.762 bits per heavy atom. The highest BCUT2D eigenvalue weighted by atomic mass is 32.1. The van der Waals surface area contributed by atoms with E-state index < -0.39 is 0 Å². The third kappa shape index (κ3) is 4.28. The number of hydrogen-bond acceptors (Lipinski definition) is 8. The molecule has 5 aromatic rings. The summed E-state index contributed by atoms with van der Waals surface area (Å²) in [6.45, 7) is 0. The fourth-order valence-electron chi connectivity index (χ4n) is 5.31. The first-order chi connectivity index (χ1) is 20.5. The number of aromatic nitrogens is 1. The first-order valence-electron chi connectivity index (χ1n) is 12.8. The molecule has 196 valence electrons. The number of nitrogens with zero attached hydrogens (tertiary/aromatic N) is 5. The van der Waals surface area contributed by atoms with Crippen molar-refractivity contribution in [3.8, 4) is 40.6 Å². The molecule has 7 nitrogen and oxygen atoms in total. The standard InChI is InChI=1S/C34H19N7S/c35-16-19-6-8-22(9-7-19)33-27-15-26(21-4-2-1-3-5-21)34(41-42)32(39)31(27)25-11-10-23(14-29(25)40-33)30-24(18-37)12-20(17-36)13-28(30)38/h1-15,39,42H,38H2/b39-32?,41-34-. The average molecular weight is 558 g/mol. The lowest BCUT2D eigenvalue weighted by atomic mass is 9.82. The van der Waals surface area contributed by atoms with Crippen LogP contribution < -0.4 is 5.73 Å². The molecule has 1 aliphatic rings. The predicted molar refractivity (Wildman–Crippen MR) is 169 cm³/mol. The summed E-state index contributed by atoms with van der Waals surface area (Å²) in [5.74, 6) is 0. The van der Waals surface area contributed by atoms with E-state index in [0.717, 1.165) is 27.6 Å². The number of benzene rings is 4. The molecule has 1 aliphatic carbocycles. The van der Waals surface area contributed by atoms with E-state index in [9.17, 15) is 21.2 Å². The molecule has 0 saturated heterocycles. The molecule has 0 fully saturated rings. The predicted octanol–water partition coefficient (Wildman–Crippen LogP) is 6.97. The van der Waals surface area contributed by atoms with Gasteiger partial charge >= 0.3 is 0 Å². The van der Waals surface area contributed by atoms with E-state index in [4.69, 9.17) is 10.7 Å². The zero-order valence-electron chi connectivity index (χ0n) is 21.9. The molecule has 0 radical (unpaired) electrons. The zero-order valence-corrected chi connectivity index (χ0v) is 22.8. The maximum Gasteiger partial charge on any atom is 0.104 e. The van der Waals surface area contributed by atoms with Crippen molar-refractivity contribution < 1.29 is 0 Å². The smallest absolute Gasteiger partial charge is 0.104 e. The minimum Gasteiger partial charge on any atom is -0.398 e. The van der Waals surface area contributed by atoms with E-state index >= 15 is 0 Å².